The molecule has 2 aliphatic rings. The molecule has 1 aliphatic carbocycles. The van der Waals surface area contributed by atoms with Gasteiger partial charge in [-0.05, 0) is 75.4 Å². The van der Waals surface area contributed by atoms with Crippen LogP contribution in [-0.4, -0.2) is 25.5 Å². The van der Waals surface area contributed by atoms with Crippen molar-refractivity contribution in [2.24, 2.45) is 11.8 Å². The smallest absolute Gasteiger partial charge is 0.223 e. The van der Waals surface area contributed by atoms with E-state index < -0.39 is 0 Å². The quantitative estimate of drug-likeness (QED) is 0.845. The molecule has 1 saturated heterocycles. The fourth-order valence-corrected chi connectivity index (χ4v) is 4.13. The first-order valence-electron chi connectivity index (χ1n) is 9.36. The number of hydrogen-bond acceptors (Lipinski definition) is 2. The van der Waals surface area contributed by atoms with Gasteiger partial charge < -0.3 is 10.6 Å². The third-order valence-electron chi connectivity index (χ3n) is 5.62. The average molecular weight is 351 g/mol. The first-order chi connectivity index (χ1) is 11.3. The van der Waals surface area contributed by atoms with Crippen LogP contribution in [0.5, 0.6) is 0 Å². The molecule has 0 aromatic heterocycles. The van der Waals surface area contributed by atoms with E-state index in [2.05, 4.69) is 41.0 Å². The summed E-state index contributed by atoms with van der Waals surface area (Å²) < 4.78 is 0. The van der Waals surface area contributed by atoms with Crippen LogP contribution >= 0.6 is 12.4 Å². The maximum atomic E-state index is 12.4. The molecule has 1 unspecified atom stereocenters. The molecule has 1 atom stereocenters. The molecule has 1 saturated carbocycles. The van der Waals surface area contributed by atoms with Gasteiger partial charge in [-0.15, -0.1) is 12.4 Å². The average Bonchev–Trinajstić information content (AvgIpc) is 2.63. The van der Waals surface area contributed by atoms with Gasteiger partial charge in [0.15, 0.2) is 0 Å². The Morgan fingerprint density at radius 2 is 1.83 bits per heavy atom. The Bertz CT molecular complexity index is 480. The Labute approximate surface area is 152 Å². The van der Waals surface area contributed by atoms with E-state index in [4.69, 9.17) is 0 Å². The number of rotatable bonds is 5. The second-order valence-electron chi connectivity index (χ2n) is 7.25. The zero-order chi connectivity index (χ0) is 15.9. The largest absolute Gasteiger partial charge is 0.356 e. The lowest BCUT2D eigenvalue weighted by atomic mass is 9.78. The molecular weight excluding hydrogens is 320 g/mol. The summed E-state index contributed by atoms with van der Waals surface area (Å²) in [6, 6.07) is 10.8. The SMILES string of the molecule is Cl.O=C(NCCC1CCCNC1)C1CCC(c2ccccc2)CC1. The van der Waals surface area contributed by atoms with E-state index in [-0.39, 0.29) is 18.3 Å². The topological polar surface area (TPSA) is 41.1 Å². The molecule has 24 heavy (non-hydrogen) atoms. The Morgan fingerprint density at radius 3 is 2.50 bits per heavy atom. The van der Waals surface area contributed by atoms with Gasteiger partial charge >= 0.3 is 0 Å². The van der Waals surface area contributed by atoms with E-state index in [1.165, 1.54) is 18.4 Å². The van der Waals surface area contributed by atoms with E-state index in [1.54, 1.807) is 0 Å². The van der Waals surface area contributed by atoms with Gasteiger partial charge in [0.05, 0.1) is 0 Å². The van der Waals surface area contributed by atoms with Gasteiger partial charge in [-0.3, -0.25) is 4.79 Å². The molecule has 1 aliphatic heterocycles. The van der Waals surface area contributed by atoms with Gasteiger partial charge in [0.1, 0.15) is 0 Å². The summed E-state index contributed by atoms with van der Waals surface area (Å²) >= 11 is 0. The lowest BCUT2D eigenvalue weighted by Gasteiger charge is -2.28. The highest BCUT2D eigenvalue weighted by molar-refractivity contribution is 5.85. The third kappa shape index (κ3) is 5.49. The van der Waals surface area contributed by atoms with Crippen molar-refractivity contribution in [2.45, 2.75) is 50.9 Å². The van der Waals surface area contributed by atoms with Crippen molar-refractivity contribution in [2.75, 3.05) is 19.6 Å². The minimum Gasteiger partial charge on any atom is -0.356 e. The summed E-state index contributed by atoms with van der Waals surface area (Å²) in [6.45, 7) is 3.13. The van der Waals surface area contributed by atoms with E-state index in [9.17, 15) is 4.79 Å². The highest BCUT2D eigenvalue weighted by atomic mass is 35.5. The number of benzene rings is 1. The lowest BCUT2D eigenvalue weighted by Crippen LogP contribution is -2.36. The highest BCUT2D eigenvalue weighted by Crippen LogP contribution is 2.35. The van der Waals surface area contributed by atoms with Gasteiger partial charge in [-0.2, -0.15) is 0 Å². The molecule has 134 valence electrons. The van der Waals surface area contributed by atoms with Crippen LogP contribution in [0.15, 0.2) is 30.3 Å². The van der Waals surface area contributed by atoms with Crippen LogP contribution in [0.4, 0.5) is 0 Å². The van der Waals surface area contributed by atoms with Gasteiger partial charge in [0, 0.05) is 12.5 Å². The maximum absolute atomic E-state index is 12.4. The minimum absolute atomic E-state index is 0. The molecule has 3 rings (SSSR count). The summed E-state index contributed by atoms with van der Waals surface area (Å²) in [5.74, 6) is 1.92. The molecule has 4 heteroatoms. The van der Waals surface area contributed by atoms with Crippen LogP contribution in [0.3, 0.4) is 0 Å². The van der Waals surface area contributed by atoms with Gasteiger partial charge in [0.25, 0.3) is 0 Å². The second kappa shape index (κ2) is 10.0. The molecule has 1 aromatic rings. The fourth-order valence-electron chi connectivity index (χ4n) is 4.13. The number of carbonyl (C=O) groups excluding carboxylic acids is 1. The Kier molecular flexibility index (Phi) is 8.07. The summed E-state index contributed by atoms with van der Waals surface area (Å²) in [4.78, 5) is 12.4. The molecule has 0 spiro atoms. The molecule has 1 amide bonds. The van der Waals surface area contributed by atoms with Gasteiger partial charge in [0.2, 0.25) is 5.91 Å². The first-order valence-corrected chi connectivity index (χ1v) is 9.36. The summed E-state index contributed by atoms with van der Waals surface area (Å²) in [7, 11) is 0. The van der Waals surface area contributed by atoms with Crippen molar-refractivity contribution in [3.05, 3.63) is 35.9 Å². The van der Waals surface area contributed by atoms with Crippen molar-refractivity contribution in [1.29, 1.82) is 0 Å². The predicted molar refractivity (Wildman–Crippen MR) is 102 cm³/mol. The lowest BCUT2D eigenvalue weighted by molar-refractivity contribution is -0.126. The first kappa shape index (κ1) is 19.3. The van der Waals surface area contributed by atoms with Crippen LogP contribution in [0.2, 0.25) is 0 Å². The third-order valence-corrected chi connectivity index (χ3v) is 5.62. The van der Waals surface area contributed by atoms with Gasteiger partial charge in [-0.25, -0.2) is 0 Å². The summed E-state index contributed by atoms with van der Waals surface area (Å²) in [5.41, 5.74) is 1.44. The second-order valence-corrected chi connectivity index (χ2v) is 7.25. The van der Waals surface area contributed by atoms with Crippen molar-refractivity contribution >= 4 is 18.3 Å². The standard InChI is InChI=1S/C20H30N2O.ClH/c23-20(22-14-12-16-5-4-13-21-15-16)19-10-8-18(9-11-19)17-6-2-1-3-7-17;/h1-3,6-7,16,18-19,21H,4-5,8-15H2,(H,22,23);1H. The summed E-state index contributed by atoms with van der Waals surface area (Å²) in [6.07, 6.45) is 8.08. The fraction of sp³-hybridized carbons (Fsp3) is 0.650. The van der Waals surface area contributed by atoms with Crippen LogP contribution in [0, 0.1) is 11.8 Å². The molecular formula is C20H31ClN2O. The van der Waals surface area contributed by atoms with Crippen molar-refractivity contribution in [1.82, 2.24) is 10.6 Å². The summed E-state index contributed by atoms with van der Waals surface area (Å²) in [5, 5.41) is 6.63. The number of halogens is 1. The monoisotopic (exact) mass is 350 g/mol. The Balaban J connectivity index is 0.00000208. The van der Waals surface area contributed by atoms with E-state index in [0.717, 1.165) is 57.7 Å². The predicted octanol–water partition coefficient (Wildman–Crippen LogP) is 3.89. The molecule has 0 bridgehead atoms. The van der Waals surface area contributed by atoms with Crippen LogP contribution in [0.1, 0.15) is 56.4 Å². The van der Waals surface area contributed by atoms with E-state index in [0.29, 0.717) is 11.8 Å². The number of amides is 1. The van der Waals surface area contributed by atoms with E-state index in [1.807, 2.05) is 0 Å². The maximum Gasteiger partial charge on any atom is 0.223 e. The number of piperidine rings is 1. The van der Waals surface area contributed by atoms with Crippen LogP contribution in [0.25, 0.3) is 0 Å². The Hall–Kier alpha value is -1.06. The number of nitrogens with one attached hydrogen (secondary N) is 2. The molecule has 0 radical (unpaired) electrons. The number of carbonyl (C=O) groups is 1. The van der Waals surface area contributed by atoms with E-state index >= 15 is 0 Å². The molecule has 1 heterocycles. The normalized spacial score (nSPS) is 27.1. The molecule has 2 fully saturated rings. The number of hydrogen-bond donors (Lipinski definition) is 2. The molecule has 1 aromatic carbocycles. The van der Waals surface area contributed by atoms with Crippen molar-refractivity contribution in [3.63, 3.8) is 0 Å². The van der Waals surface area contributed by atoms with Crippen LogP contribution < -0.4 is 10.6 Å². The van der Waals surface area contributed by atoms with Gasteiger partial charge in [-0.1, -0.05) is 30.3 Å². The zero-order valence-electron chi connectivity index (χ0n) is 14.5. The van der Waals surface area contributed by atoms with Crippen molar-refractivity contribution < 1.29 is 4.79 Å². The molecule has 2 N–H and O–H groups in total. The van der Waals surface area contributed by atoms with Crippen LogP contribution in [-0.2, 0) is 4.79 Å². The minimum atomic E-state index is 0. The Morgan fingerprint density at radius 1 is 1.08 bits per heavy atom. The zero-order valence-corrected chi connectivity index (χ0v) is 15.3. The highest BCUT2D eigenvalue weighted by Gasteiger charge is 2.26. The van der Waals surface area contributed by atoms with Crippen molar-refractivity contribution in [3.8, 4) is 0 Å². The molecule has 3 nitrogen and oxygen atoms in total.